The summed E-state index contributed by atoms with van der Waals surface area (Å²) in [5.41, 5.74) is 4.59. The SMILES string of the molecule is Cc1ccc(OC2CCc3ccccc3C2O)c(C)c1. The highest BCUT2D eigenvalue weighted by molar-refractivity contribution is 5.37. The van der Waals surface area contributed by atoms with Crippen molar-refractivity contribution in [2.24, 2.45) is 0 Å². The first-order valence-corrected chi connectivity index (χ1v) is 7.15. The predicted molar refractivity (Wildman–Crippen MR) is 80.1 cm³/mol. The van der Waals surface area contributed by atoms with Crippen molar-refractivity contribution in [1.29, 1.82) is 0 Å². The van der Waals surface area contributed by atoms with Crippen LogP contribution in [0.5, 0.6) is 5.75 Å². The Morgan fingerprint density at radius 1 is 1.10 bits per heavy atom. The molecule has 1 N–H and O–H groups in total. The van der Waals surface area contributed by atoms with Crippen LogP contribution >= 0.6 is 0 Å². The molecule has 2 unspecified atom stereocenters. The van der Waals surface area contributed by atoms with Gasteiger partial charge in [0.25, 0.3) is 0 Å². The third kappa shape index (κ3) is 2.44. The third-order valence-corrected chi connectivity index (χ3v) is 4.03. The van der Waals surface area contributed by atoms with Crippen molar-refractivity contribution in [3.63, 3.8) is 0 Å². The van der Waals surface area contributed by atoms with E-state index in [1.54, 1.807) is 0 Å². The Bertz CT molecular complexity index is 619. The molecule has 0 saturated carbocycles. The van der Waals surface area contributed by atoms with Gasteiger partial charge in [0, 0.05) is 0 Å². The second-order valence-corrected chi connectivity index (χ2v) is 5.61. The number of hydrogen-bond donors (Lipinski definition) is 1. The molecule has 1 aliphatic carbocycles. The Hall–Kier alpha value is -1.80. The van der Waals surface area contributed by atoms with E-state index in [4.69, 9.17) is 4.74 Å². The number of aliphatic hydroxyl groups excluding tert-OH is 1. The molecule has 0 aromatic heterocycles. The highest BCUT2D eigenvalue weighted by Gasteiger charge is 2.29. The number of rotatable bonds is 2. The van der Waals surface area contributed by atoms with E-state index < -0.39 is 6.10 Å². The fraction of sp³-hybridized carbons (Fsp3) is 0.333. The van der Waals surface area contributed by atoms with Crippen LogP contribution in [-0.4, -0.2) is 11.2 Å². The van der Waals surface area contributed by atoms with Crippen LogP contribution in [0.25, 0.3) is 0 Å². The van der Waals surface area contributed by atoms with Gasteiger partial charge in [0.2, 0.25) is 0 Å². The summed E-state index contributed by atoms with van der Waals surface area (Å²) in [5, 5.41) is 10.5. The molecule has 0 saturated heterocycles. The average Bonchev–Trinajstić information content (AvgIpc) is 2.45. The smallest absolute Gasteiger partial charge is 0.129 e. The zero-order valence-corrected chi connectivity index (χ0v) is 12.0. The van der Waals surface area contributed by atoms with Crippen molar-refractivity contribution < 1.29 is 9.84 Å². The quantitative estimate of drug-likeness (QED) is 0.899. The first-order chi connectivity index (χ1) is 9.65. The lowest BCUT2D eigenvalue weighted by Crippen LogP contribution is -2.30. The Morgan fingerprint density at radius 3 is 2.70 bits per heavy atom. The molecule has 2 heteroatoms. The van der Waals surface area contributed by atoms with Crippen LogP contribution in [0.2, 0.25) is 0 Å². The molecule has 2 aromatic carbocycles. The van der Waals surface area contributed by atoms with Gasteiger partial charge in [0.15, 0.2) is 0 Å². The molecule has 20 heavy (non-hydrogen) atoms. The summed E-state index contributed by atoms with van der Waals surface area (Å²) in [6, 6.07) is 14.2. The van der Waals surface area contributed by atoms with Crippen LogP contribution in [0.15, 0.2) is 42.5 Å². The molecule has 0 bridgehead atoms. The summed E-state index contributed by atoms with van der Waals surface area (Å²) in [6.07, 6.45) is 1.11. The minimum atomic E-state index is -0.541. The van der Waals surface area contributed by atoms with Gasteiger partial charge < -0.3 is 9.84 Å². The zero-order valence-electron chi connectivity index (χ0n) is 12.0. The van der Waals surface area contributed by atoms with Crippen molar-refractivity contribution in [3.8, 4) is 5.75 Å². The predicted octanol–water partition coefficient (Wildman–Crippen LogP) is 3.73. The first-order valence-electron chi connectivity index (χ1n) is 7.15. The molecule has 0 radical (unpaired) electrons. The van der Waals surface area contributed by atoms with Gasteiger partial charge in [0.1, 0.15) is 18.0 Å². The van der Waals surface area contributed by atoms with Gasteiger partial charge >= 0.3 is 0 Å². The van der Waals surface area contributed by atoms with E-state index in [1.807, 2.05) is 37.3 Å². The molecule has 0 aliphatic heterocycles. The normalized spacial score (nSPS) is 21.4. The van der Waals surface area contributed by atoms with Crippen LogP contribution in [0.4, 0.5) is 0 Å². The second kappa shape index (κ2) is 5.29. The minimum Gasteiger partial charge on any atom is -0.487 e. The molecule has 3 rings (SSSR count). The Labute approximate surface area is 120 Å². The van der Waals surface area contributed by atoms with Crippen LogP contribution in [0.3, 0.4) is 0 Å². The van der Waals surface area contributed by atoms with Crippen molar-refractivity contribution in [3.05, 3.63) is 64.7 Å². The molecular formula is C18H20O2. The number of ether oxygens (including phenoxy) is 1. The van der Waals surface area contributed by atoms with Gasteiger partial charge in [-0.25, -0.2) is 0 Å². The minimum absolute atomic E-state index is 0.161. The zero-order chi connectivity index (χ0) is 14.1. The number of fused-ring (bicyclic) bond motifs is 1. The number of benzene rings is 2. The van der Waals surface area contributed by atoms with Crippen LogP contribution in [0.1, 0.15) is 34.8 Å². The maximum absolute atomic E-state index is 10.5. The van der Waals surface area contributed by atoms with E-state index in [0.29, 0.717) is 0 Å². The largest absolute Gasteiger partial charge is 0.487 e. The highest BCUT2D eigenvalue weighted by Crippen LogP contribution is 2.33. The summed E-state index contributed by atoms with van der Waals surface area (Å²) in [7, 11) is 0. The first kappa shape index (κ1) is 13.2. The molecule has 0 fully saturated rings. The van der Waals surface area contributed by atoms with Crippen molar-refractivity contribution >= 4 is 0 Å². The topological polar surface area (TPSA) is 29.5 Å². The van der Waals surface area contributed by atoms with E-state index in [9.17, 15) is 5.11 Å². The Balaban J connectivity index is 1.83. The Kier molecular flexibility index (Phi) is 3.49. The maximum Gasteiger partial charge on any atom is 0.129 e. The summed E-state index contributed by atoms with van der Waals surface area (Å²) < 4.78 is 6.06. The second-order valence-electron chi connectivity index (χ2n) is 5.61. The third-order valence-electron chi connectivity index (χ3n) is 4.03. The molecule has 0 heterocycles. The van der Waals surface area contributed by atoms with Crippen molar-refractivity contribution in [1.82, 2.24) is 0 Å². The highest BCUT2D eigenvalue weighted by atomic mass is 16.5. The van der Waals surface area contributed by atoms with E-state index in [2.05, 4.69) is 19.1 Å². The standard InChI is InChI=1S/C18H20O2/c1-12-7-9-16(13(2)11-12)20-17-10-8-14-5-3-4-6-15(14)18(17)19/h3-7,9,11,17-19H,8,10H2,1-2H3. The van der Waals surface area contributed by atoms with Gasteiger partial charge in [-0.3, -0.25) is 0 Å². The van der Waals surface area contributed by atoms with Crippen LogP contribution in [-0.2, 0) is 6.42 Å². The molecule has 0 amide bonds. The van der Waals surface area contributed by atoms with Gasteiger partial charge in [-0.15, -0.1) is 0 Å². The lowest BCUT2D eigenvalue weighted by atomic mass is 9.87. The van der Waals surface area contributed by atoms with Crippen LogP contribution < -0.4 is 4.74 Å². The molecule has 1 aliphatic rings. The lowest BCUT2D eigenvalue weighted by Gasteiger charge is -2.31. The van der Waals surface area contributed by atoms with Gasteiger partial charge in [0.05, 0.1) is 0 Å². The fourth-order valence-electron chi connectivity index (χ4n) is 2.92. The molecular weight excluding hydrogens is 248 g/mol. The molecule has 104 valence electrons. The van der Waals surface area contributed by atoms with Gasteiger partial charge in [-0.05, 0) is 49.4 Å². The van der Waals surface area contributed by atoms with E-state index >= 15 is 0 Å². The molecule has 0 spiro atoms. The number of hydrogen-bond acceptors (Lipinski definition) is 2. The van der Waals surface area contributed by atoms with E-state index in [0.717, 1.165) is 29.7 Å². The van der Waals surface area contributed by atoms with Gasteiger partial charge in [-0.2, -0.15) is 0 Å². The van der Waals surface area contributed by atoms with E-state index in [1.165, 1.54) is 11.1 Å². The summed E-state index contributed by atoms with van der Waals surface area (Å²) in [5.74, 6) is 0.874. The molecule has 2 atom stereocenters. The summed E-state index contributed by atoms with van der Waals surface area (Å²) in [4.78, 5) is 0. The van der Waals surface area contributed by atoms with Gasteiger partial charge in [-0.1, -0.05) is 42.0 Å². The lowest BCUT2D eigenvalue weighted by molar-refractivity contribution is 0.0227. The number of aryl methyl sites for hydroxylation is 3. The average molecular weight is 268 g/mol. The summed E-state index contributed by atoms with van der Waals surface area (Å²) >= 11 is 0. The van der Waals surface area contributed by atoms with E-state index in [-0.39, 0.29) is 6.10 Å². The Morgan fingerprint density at radius 2 is 1.90 bits per heavy atom. The molecule has 2 nitrogen and oxygen atoms in total. The fourth-order valence-corrected chi connectivity index (χ4v) is 2.92. The number of aliphatic hydroxyl groups is 1. The monoisotopic (exact) mass is 268 g/mol. The van der Waals surface area contributed by atoms with Crippen molar-refractivity contribution in [2.45, 2.75) is 38.9 Å². The van der Waals surface area contributed by atoms with Crippen molar-refractivity contribution in [2.75, 3.05) is 0 Å². The molecule has 2 aromatic rings. The maximum atomic E-state index is 10.5. The summed E-state index contributed by atoms with van der Waals surface area (Å²) in [6.45, 7) is 4.12. The van der Waals surface area contributed by atoms with Crippen LogP contribution in [0, 0.1) is 13.8 Å².